The Hall–Kier alpha value is -4.27. The number of likely N-dealkylation sites (tertiary alicyclic amines) is 1. The van der Waals surface area contributed by atoms with E-state index in [-0.39, 0.29) is 11.1 Å². The normalized spacial score (nSPS) is 18.3. The van der Waals surface area contributed by atoms with Crippen LogP contribution in [0, 0.1) is 0 Å². The number of rotatable bonds is 9. The monoisotopic (exact) mass is 503 g/mol. The molecule has 1 amide bonds. The molecule has 1 atom stereocenters. The molecule has 3 heterocycles. The quantitative estimate of drug-likeness (QED) is 0.208. The van der Waals surface area contributed by atoms with Gasteiger partial charge in [-0.3, -0.25) is 14.6 Å². The Morgan fingerprint density at radius 3 is 2.65 bits per heavy atom. The zero-order chi connectivity index (χ0) is 25.8. The van der Waals surface area contributed by atoms with Crippen molar-refractivity contribution >= 4 is 17.4 Å². The Bertz CT molecular complexity index is 1300. The zero-order valence-corrected chi connectivity index (χ0v) is 20.6. The lowest BCUT2D eigenvalue weighted by Crippen LogP contribution is -2.36. The second-order valence-electron chi connectivity index (χ2n) is 8.95. The number of fused-ring (bicyclic) bond motifs is 1. The van der Waals surface area contributed by atoms with Crippen LogP contribution in [0.2, 0.25) is 0 Å². The highest BCUT2D eigenvalue weighted by Gasteiger charge is 2.44. The van der Waals surface area contributed by atoms with Gasteiger partial charge in [-0.05, 0) is 41.8 Å². The lowest BCUT2D eigenvalue weighted by molar-refractivity contribution is -0.695. The number of carbonyl (C=O) groups is 2. The number of hydrogen-bond donors (Lipinski definition) is 1. The number of H-pyrrole nitrogens is 1. The zero-order valence-electron chi connectivity index (χ0n) is 20.6. The van der Waals surface area contributed by atoms with Crippen molar-refractivity contribution in [2.24, 2.45) is 0 Å². The molecule has 1 fully saturated rings. The fourth-order valence-electron chi connectivity index (χ4n) is 4.64. The van der Waals surface area contributed by atoms with Crippen molar-refractivity contribution in [2.45, 2.75) is 32.4 Å². The standard InChI is InChI=1S/C28H29N3O6/c1-2-14-35-21-7-4-19(5-8-21)25-24(26(32)20-6-9-22-23(17-20)37-16-15-36-22)27(33)28(34)31(25)12-3-11-30-13-10-29-18-30/h4-10,13,17-18,25H,2-3,11-12,14-16H2,1H3,(H,32,33). The van der Waals surface area contributed by atoms with Gasteiger partial charge in [0.2, 0.25) is 12.1 Å². The molecule has 2 aliphatic rings. The topological polar surface area (TPSA) is 108 Å². The first-order valence-corrected chi connectivity index (χ1v) is 12.5. The average Bonchev–Trinajstić information content (AvgIpc) is 3.54. The molecule has 37 heavy (non-hydrogen) atoms. The molecule has 1 N–H and O–H groups in total. The molecule has 2 aromatic carbocycles. The van der Waals surface area contributed by atoms with Crippen molar-refractivity contribution in [3.8, 4) is 17.2 Å². The molecule has 1 unspecified atom stereocenters. The highest BCUT2D eigenvalue weighted by Crippen LogP contribution is 2.40. The molecule has 5 rings (SSSR count). The summed E-state index contributed by atoms with van der Waals surface area (Å²) >= 11 is 0. The van der Waals surface area contributed by atoms with Gasteiger partial charge in [0.25, 0.3) is 5.91 Å². The van der Waals surface area contributed by atoms with E-state index in [1.54, 1.807) is 30.3 Å². The maximum atomic E-state index is 13.7. The Balaban J connectivity index is 1.50. The van der Waals surface area contributed by atoms with Crippen LogP contribution in [-0.2, 0) is 16.1 Å². The van der Waals surface area contributed by atoms with Gasteiger partial charge in [0.05, 0.1) is 19.2 Å². The van der Waals surface area contributed by atoms with E-state index in [0.29, 0.717) is 62.1 Å². The van der Waals surface area contributed by atoms with Gasteiger partial charge >= 0.3 is 0 Å². The summed E-state index contributed by atoms with van der Waals surface area (Å²) in [4.78, 5) is 30.9. The maximum absolute atomic E-state index is 13.7. The summed E-state index contributed by atoms with van der Waals surface area (Å²) in [5, 5.41) is 13.7. The highest BCUT2D eigenvalue weighted by atomic mass is 16.6. The molecule has 3 aromatic rings. The molecule has 0 radical (unpaired) electrons. The summed E-state index contributed by atoms with van der Waals surface area (Å²) in [7, 11) is 0. The Morgan fingerprint density at radius 1 is 1.14 bits per heavy atom. The SMILES string of the molecule is CCCOc1ccc(C2/C(=C(\[O-])c3ccc4c(c3)OCCO4)C(=O)C(=O)N2CCC[n+]2cc[nH]c2)cc1. The van der Waals surface area contributed by atoms with Crippen LogP contribution in [0.1, 0.15) is 36.9 Å². The molecule has 0 bridgehead atoms. The van der Waals surface area contributed by atoms with E-state index in [2.05, 4.69) is 4.98 Å². The van der Waals surface area contributed by atoms with E-state index in [0.717, 1.165) is 6.42 Å². The Morgan fingerprint density at radius 2 is 1.92 bits per heavy atom. The van der Waals surface area contributed by atoms with Crippen molar-refractivity contribution in [3.05, 3.63) is 77.9 Å². The number of nitrogens with one attached hydrogen (secondary N) is 1. The van der Waals surface area contributed by atoms with E-state index in [1.807, 2.05) is 42.3 Å². The number of ketones is 1. The number of aromatic nitrogens is 2. The molecule has 9 heteroatoms. The summed E-state index contributed by atoms with van der Waals surface area (Å²) in [6.45, 7) is 4.39. The fraction of sp³-hybridized carbons (Fsp3) is 0.321. The molecule has 0 spiro atoms. The van der Waals surface area contributed by atoms with Crippen LogP contribution in [0.5, 0.6) is 17.2 Å². The van der Waals surface area contributed by atoms with Gasteiger partial charge in [-0.15, -0.1) is 0 Å². The van der Waals surface area contributed by atoms with Crippen LogP contribution >= 0.6 is 0 Å². The van der Waals surface area contributed by atoms with E-state index >= 15 is 0 Å². The first kappa shape index (κ1) is 24.4. The Labute approximate surface area is 214 Å². The van der Waals surface area contributed by atoms with Gasteiger partial charge in [0, 0.05) is 18.5 Å². The van der Waals surface area contributed by atoms with Gasteiger partial charge < -0.3 is 24.2 Å². The second kappa shape index (κ2) is 10.8. The largest absolute Gasteiger partial charge is 0.872 e. The van der Waals surface area contributed by atoms with Crippen LogP contribution < -0.4 is 23.9 Å². The molecular formula is C28H29N3O6. The summed E-state index contributed by atoms with van der Waals surface area (Å²) < 4.78 is 18.8. The van der Waals surface area contributed by atoms with Crippen molar-refractivity contribution in [3.63, 3.8) is 0 Å². The first-order chi connectivity index (χ1) is 18.1. The summed E-state index contributed by atoms with van der Waals surface area (Å²) in [5.74, 6) is -0.249. The third kappa shape index (κ3) is 5.02. The summed E-state index contributed by atoms with van der Waals surface area (Å²) in [6.07, 6.45) is 7.02. The Kier molecular flexibility index (Phi) is 7.11. The minimum atomic E-state index is -0.794. The molecule has 2 aliphatic heterocycles. The molecule has 192 valence electrons. The molecule has 1 saturated heterocycles. The fourth-order valence-corrected chi connectivity index (χ4v) is 4.64. The molecule has 1 aromatic heterocycles. The predicted molar refractivity (Wildman–Crippen MR) is 132 cm³/mol. The molecule has 0 saturated carbocycles. The number of benzene rings is 2. The number of aryl methyl sites for hydroxylation is 1. The number of imidazole rings is 1. The number of hydrogen-bond acceptors (Lipinski definition) is 6. The van der Waals surface area contributed by atoms with Crippen LogP contribution in [-0.4, -0.2) is 47.9 Å². The number of amides is 1. The smallest absolute Gasteiger partial charge is 0.295 e. The maximum Gasteiger partial charge on any atom is 0.295 e. The van der Waals surface area contributed by atoms with E-state index in [1.165, 1.54) is 4.90 Å². The van der Waals surface area contributed by atoms with Gasteiger partial charge in [-0.2, -0.15) is 0 Å². The highest BCUT2D eigenvalue weighted by molar-refractivity contribution is 6.46. The summed E-state index contributed by atoms with van der Waals surface area (Å²) in [5.41, 5.74) is 0.898. The minimum Gasteiger partial charge on any atom is -0.872 e. The van der Waals surface area contributed by atoms with Crippen LogP contribution in [0.15, 0.2) is 66.8 Å². The third-order valence-corrected chi connectivity index (χ3v) is 6.42. The van der Waals surface area contributed by atoms with Crippen LogP contribution in [0.4, 0.5) is 0 Å². The van der Waals surface area contributed by atoms with E-state index < -0.39 is 23.5 Å². The van der Waals surface area contributed by atoms with Gasteiger partial charge in [-0.25, -0.2) is 4.57 Å². The molecule has 0 aliphatic carbocycles. The van der Waals surface area contributed by atoms with Crippen molar-refractivity contribution in [1.29, 1.82) is 0 Å². The molecular weight excluding hydrogens is 474 g/mol. The number of carbonyl (C=O) groups excluding carboxylic acids is 2. The summed E-state index contributed by atoms with van der Waals surface area (Å²) in [6, 6.07) is 11.3. The van der Waals surface area contributed by atoms with Gasteiger partial charge in [-0.1, -0.05) is 30.9 Å². The van der Waals surface area contributed by atoms with Gasteiger partial charge in [0.15, 0.2) is 11.5 Å². The number of ether oxygens (including phenoxy) is 3. The van der Waals surface area contributed by atoms with Gasteiger partial charge in [0.1, 0.15) is 31.4 Å². The minimum absolute atomic E-state index is 0.0572. The van der Waals surface area contributed by atoms with E-state index in [9.17, 15) is 14.7 Å². The number of aromatic amines is 1. The molecule has 9 nitrogen and oxygen atoms in total. The number of nitrogens with zero attached hydrogens (tertiary/aromatic N) is 2. The lowest BCUT2D eigenvalue weighted by Gasteiger charge is -2.28. The van der Waals surface area contributed by atoms with Crippen molar-refractivity contribution in [2.75, 3.05) is 26.4 Å². The van der Waals surface area contributed by atoms with Crippen molar-refractivity contribution < 1.29 is 33.5 Å². The number of Topliss-reactive ketones (excluding diaryl/α,β-unsaturated/α-hetero) is 1. The second-order valence-corrected chi connectivity index (χ2v) is 8.95. The average molecular weight is 504 g/mol. The predicted octanol–water partition coefficient (Wildman–Crippen LogP) is 2.18. The van der Waals surface area contributed by atoms with Crippen LogP contribution in [0.3, 0.4) is 0 Å². The first-order valence-electron chi connectivity index (χ1n) is 12.5. The van der Waals surface area contributed by atoms with Crippen molar-refractivity contribution in [1.82, 2.24) is 9.88 Å². The van der Waals surface area contributed by atoms with Crippen LogP contribution in [0.25, 0.3) is 5.76 Å². The van der Waals surface area contributed by atoms with E-state index in [4.69, 9.17) is 14.2 Å². The lowest BCUT2D eigenvalue weighted by atomic mass is 9.95. The third-order valence-electron chi connectivity index (χ3n) is 6.42.